The van der Waals surface area contributed by atoms with Gasteiger partial charge >= 0.3 is 5.97 Å². The van der Waals surface area contributed by atoms with Gasteiger partial charge in [-0.05, 0) is 24.1 Å². The van der Waals surface area contributed by atoms with Crippen molar-refractivity contribution in [2.75, 3.05) is 7.11 Å². The third-order valence-corrected chi connectivity index (χ3v) is 4.48. The van der Waals surface area contributed by atoms with Gasteiger partial charge in [-0.25, -0.2) is 4.79 Å². The lowest BCUT2D eigenvalue weighted by Gasteiger charge is -2.17. The number of nitro benzene ring substituents is 1. The van der Waals surface area contributed by atoms with Crippen LogP contribution in [0.5, 0.6) is 0 Å². The van der Waals surface area contributed by atoms with Gasteiger partial charge in [-0.3, -0.25) is 14.9 Å². The second-order valence-corrected chi connectivity index (χ2v) is 6.24. The number of esters is 1. The predicted octanol–water partition coefficient (Wildman–Crippen LogP) is 3.47. The van der Waals surface area contributed by atoms with Crippen LogP contribution in [0.2, 0.25) is 0 Å². The molecule has 0 aliphatic carbocycles. The fourth-order valence-corrected chi connectivity index (χ4v) is 3.08. The summed E-state index contributed by atoms with van der Waals surface area (Å²) in [4.78, 5) is 37.4. The van der Waals surface area contributed by atoms with Crippen molar-refractivity contribution in [3.63, 3.8) is 0 Å². The van der Waals surface area contributed by atoms with Crippen molar-refractivity contribution < 1.29 is 19.2 Å². The predicted molar refractivity (Wildman–Crippen MR) is 103 cm³/mol. The molecule has 7 heteroatoms. The Hall–Kier alpha value is -3.74. The van der Waals surface area contributed by atoms with E-state index in [0.29, 0.717) is 17.8 Å². The maximum Gasteiger partial charge on any atom is 0.340 e. The number of amides is 1. The summed E-state index contributed by atoms with van der Waals surface area (Å²) in [7, 11) is 1.25. The van der Waals surface area contributed by atoms with E-state index in [2.05, 4.69) is 0 Å². The molecule has 1 aliphatic heterocycles. The maximum atomic E-state index is 13.0. The third kappa shape index (κ3) is 3.68. The summed E-state index contributed by atoms with van der Waals surface area (Å²) in [5.74, 6) is -0.980. The van der Waals surface area contributed by atoms with E-state index in [1.165, 1.54) is 36.3 Å². The summed E-state index contributed by atoms with van der Waals surface area (Å²) >= 11 is 0. The van der Waals surface area contributed by atoms with Crippen molar-refractivity contribution in [1.29, 1.82) is 0 Å². The number of hydrogen-bond acceptors (Lipinski definition) is 5. The molecule has 142 valence electrons. The van der Waals surface area contributed by atoms with Gasteiger partial charge in [-0.2, -0.15) is 0 Å². The van der Waals surface area contributed by atoms with E-state index in [1.54, 1.807) is 13.0 Å². The molecule has 0 saturated carbocycles. The molecule has 2 aromatic rings. The van der Waals surface area contributed by atoms with Crippen molar-refractivity contribution in [2.45, 2.75) is 13.5 Å². The van der Waals surface area contributed by atoms with E-state index in [1.807, 2.05) is 30.3 Å². The Morgan fingerprint density at radius 2 is 1.89 bits per heavy atom. The molecule has 0 unspecified atom stereocenters. The average Bonchev–Trinajstić information content (AvgIpc) is 2.93. The number of nitrogens with zero attached hydrogens (tertiary/aromatic N) is 2. The summed E-state index contributed by atoms with van der Waals surface area (Å²) in [6, 6.07) is 15.3. The first-order chi connectivity index (χ1) is 13.4. The number of benzene rings is 2. The molecule has 1 aliphatic rings. The summed E-state index contributed by atoms with van der Waals surface area (Å²) < 4.78 is 4.86. The van der Waals surface area contributed by atoms with Crippen molar-refractivity contribution in [2.24, 2.45) is 0 Å². The highest BCUT2D eigenvalue weighted by Gasteiger charge is 2.37. The normalized spacial score (nSPS) is 15.3. The lowest BCUT2D eigenvalue weighted by molar-refractivity contribution is -0.384. The molecule has 7 nitrogen and oxygen atoms in total. The highest BCUT2D eigenvalue weighted by molar-refractivity contribution is 6.16. The molecule has 0 radical (unpaired) electrons. The Labute approximate surface area is 161 Å². The monoisotopic (exact) mass is 378 g/mol. The van der Waals surface area contributed by atoms with Crippen molar-refractivity contribution in [1.82, 2.24) is 4.90 Å². The average molecular weight is 378 g/mol. The lowest BCUT2D eigenvalue weighted by Crippen LogP contribution is -2.24. The molecule has 2 aromatic carbocycles. The summed E-state index contributed by atoms with van der Waals surface area (Å²) in [5.41, 5.74) is 2.07. The summed E-state index contributed by atoms with van der Waals surface area (Å²) in [6.45, 7) is 1.99. The van der Waals surface area contributed by atoms with E-state index in [0.717, 1.165) is 5.56 Å². The molecule has 1 heterocycles. The zero-order valence-corrected chi connectivity index (χ0v) is 15.4. The number of methoxy groups -OCH3 is 1. The Bertz CT molecular complexity index is 1010. The maximum absolute atomic E-state index is 13.0. The lowest BCUT2D eigenvalue weighted by atomic mass is 10.0. The van der Waals surface area contributed by atoms with Crippen LogP contribution in [0, 0.1) is 10.1 Å². The molecule has 0 saturated heterocycles. The number of nitro groups is 1. The third-order valence-electron chi connectivity index (χ3n) is 4.48. The Kier molecular flexibility index (Phi) is 5.35. The van der Waals surface area contributed by atoms with Crippen LogP contribution in [0.1, 0.15) is 18.1 Å². The fourth-order valence-electron chi connectivity index (χ4n) is 3.08. The van der Waals surface area contributed by atoms with Crippen LogP contribution < -0.4 is 0 Å². The van der Waals surface area contributed by atoms with Crippen LogP contribution in [0.3, 0.4) is 0 Å². The molecule has 0 aromatic heterocycles. The molecular weight excluding hydrogens is 360 g/mol. The van der Waals surface area contributed by atoms with Crippen molar-refractivity contribution in [3.8, 4) is 0 Å². The van der Waals surface area contributed by atoms with Gasteiger partial charge in [-0.15, -0.1) is 0 Å². The number of hydrogen-bond donors (Lipinski definition) is 0. The van der Waals surface area contributed by atoms with E-state index in [-0.39, 0.29) is 22.7 Å². The largest absolute Gasteiger partial charge is 0.465 e. The quantitative estimate of drug-likeness (QED) is 0.344. The number of carbonyl (C=O) groups excluding carboxylic acids is 2. The molecule has 0 bridgehead atoms. The van der Waals surface area contributed by atoms with Crippen LogP contribution in [0.4, 0.5) is 5.69 Å². The van der Waals surface area contributed by atoms with Gasteiger partial charge in [0.05, 0.1) is 29.7 Å². The molecule has 0 N–H and O–H groups in total. The van der Waals surface area contributed by atoms with Gasteiger partial charge in [0.1, 0.15) is 0 Å². The first-order valence-electron chi connectivity index (χ1n) is 8.54. The summed E-state index contributed by atoms with van der Waals surface area (Å²) in [5, 5.41) is 11.0. The minimum absolute atomic E-state index is 0.0961. The van der Waals surface area contributed by atoms with Gasteiger partial charge < -0.3 is 9.64 Å². The van der Waals surface area contributed by atoms with Crippen LogP contribution in [0.25, 0.3) is 6.08 Å². The Morgan fingerprint density at radius 3 is 2.54 bits per heavy atom. The highest BCUT2D eigenvalue weighted by atomic mass is 16.6. The minimum Gasteiger partial charge on any atom is -0.465 e. The molecule has 0 spiro atoms. The van der Waals surface area contributed by atoms with E-state index in [9.17, 15) is 19.7 Å². The number of ether oxygens (including phenoxy) is 1. The van der Waals surface area contributed by atoms with Crippen molar-refractivity contribution in [3.05, 3.63) is 92.7 Å². The van der Waals surface area contributed by atoms with Crippen LogP contribution in [0.15, 0.2) is 71.4 Å². The van der Waals surface area contributed by atoms with Gasteiger partial charge in [0, 0.05) is 17.8 Å². The first-order valence-corrected chi connectivity index (χ1v) is 8.54. The minimum atomic E-state index is -0.627. The van der Waals surface area contributed by atoms with Crippen molar-refractivity contribution >= 4 is 23.6 Å². The van der Waals surface area contributed by atoms with E-state index < -0.39 is 10.9 Å². The Morgan fingerprint density at radius 1 is 1.18 bits per heavy atom. The second kappa shape index (κ2) is 7.87. The molecule has 28 heavy (non-hydrogen) atoms. The highest BCUT2D eigenvalue weighted by Crippen LogP contribution is 2.33. The van der Waals surface area contributed by atoms with E-state index >= 15 is 0 Å². The standard InChI is InChI=1S/C21H18N2O5/c1-14-19(21(25)28-2)18(12-16-9-6-10-17(11-16)23(26)27)20(24)22(14)13-15-7-4-3-5-8-15/h3-12H,13H2,1-2H3. The van der Waals surface area contributed by atoms with Crippen LogP contribution in [-0.2, 0) is 20.9 Å². The van der Waals surface area contributed by atoms with Gasteiger partial charge in [0.2, 0.25) is 0 Å². The van der Waals surface area contributed by atoms with Crippen LogP contribution >= 0.6 is 0 Å². The first kappa shape index (κ1) is 19.0. The second-order valence-electron chi connectivity index (χ2n) is 6.24. The smallest absolute Gasteiger partial charge is 0.340 e. The number of allylic oxidation sites excluding steroid dienone is 1. The van der Waals surface area contributed by atoms with E-state index in [4.69, 9.17) is 4.74 Å². The van der Waals surface area contributed by atoms with Gasteiger partial charge in [0.25, 0.3) is 11.6 Å². The SMILES string of the molecule is COC(=O)C1=C(C)N(Cc2ccccc2)C(=O)C1=Cc1cccc([N+](=O)[O-])c1. The molecule has 1 amide bonds. The summed E-state index contributed by atoms with van der Waals surface area (Å²) in [6.07, 6.45) is 1.48. The molecule has 3 rings (SSSR count). The molecular formula is C21H18N2O5. The fraction of sp³-hybridized carbons (Fsp3) is 0.143. The number of carbonyl (C=O) groups is 2. The molecule has 0 fully saturated rings. The zero-order valence-electron chi connectivity index (χ0n) is 15.4. The number of rotatable bonds is 5. The van der Waals surface area contributed by atoms with Gasteiger partial charge in [-0.1, -0.05) is 42.5 Å². The zero-order chi connectivity index (χ0) is 20.3. The topological polar surface area (TPSA) is 89.8 Å². The van der Waals surface area contributed by atoms with Gasteiger partial charge in [0.15, 0.2) is 0 Å². The van der Waals surface area contributed by atoms with Crippen LogP contribution in [-0.4, -0.2) is 28.8 Å². The number of non-ortho nitro benzene ring substituents is 1. The molecule has 0 atom stereocenters. The Balaban J connectivity index is 2.04.